The Balaban J connectivity index is 1.13. The monoisotopic (exact) mass is 488 g/mol. The van der Waals surface area contributed by atoms with Gasteiger partial charge in [0.25, 0.3) is 0 Å². The van der Waals surface area contributed by atoms with Crippen molar-refractivity contribution in [1.82, 2.24) is 20.4 Å². The van der Waals surface area contributed by atoms with Crippen LogP contribution >= 0.6 is 23.4 Å². The second kappa shape index (κ2) is 11.6. The number of nitrogens with zero attached hydrogens (tertiary/aromatic N) is 3. The zero-order valence-corrected chi connectivity index (χ0v) is 19.7. The summed E-state index contributed by atoms with van der Waals surface area (Å²) in [6.07, 6.45) is 1.62. The molecule has 1 aliphatic rings. The second-order valence-corrected chi connectivity index (χ2v) is 9.58. The molecular weight excluding hydrogens is 463 g/mol. The Labute approximate surface area is 201 Å². The lowest BCUT2D eigenvalue weighted by molar-refractivity contribution is -0.126. The van der Waals surface area contributed by atoms with Gasteiger partial charge in [-0.2, -0.15) is 16.7 Å². The van der Waals surface area contributed by atoms with Gasteiger partial charge in [0.1, 0.15) is 5.82 Å². The molecule has 0 saturated carbocycles. The van der Waals surface area contributed by atoms with E-state index in [2.05, 4.69) is 20.4 Å². The van der Waals surface area contributed by atoms with E-state index in [1.807, 2.05) is 24.3 Å². The minimum atomic E-state index is -0.300. The van der Waals surface area contributed by atoms with Crippen LogP contribution < -0.4 is 5.32 Å². The van der Waals surface area contributed by atoms with Gasteiger partial charge < -0.3 is 9.84 Å². The number of halogens is 2. The van der Waals surface area contributed by atoms with Crippen molar-refractivity contribution in [2.75, 3.05) is 25.4 Å². The highest BCUT2D eigenvalue weighted by atomic mass is 35.5. The summed E-state index contributed by atoms with van der Waals surface area (Å²) < 4.78 is 18.4. The number of aromatic nitrogens is 2. The first-order valence-electron chi connectivity index (χ1n) is 11.0. The number of nitrogens with one attached hydrogen (secondary N) is 1. The van der Waals surface area contributed by atoms with E-state index < -0.39 is 0 Å². The maximum Gasteiger partial charge on any atom is 0.241 e. The predicted octanol–water partition coefficient (Wildman–Crippen LogP) is 4.79. The Kier molecular flexibility index (Phi) is 8.36. The van der Waals surface area contributed by atoms with Crippen molar-refractivity contribution in [1.29, 1.82) is 0 Å². The van der Waals surface area contributed by atoms with Crippen LogP contribution in [0.2, 0.25) is 5.02 Å². The van der Waals surface area contributed by atoms with Crippen LogP contribution in [0.15, 0.2) is 53.1 Å². The van der Waals surface area contributed by atoms with Gasteiger partial charge in [0.2, 0.25) is 17.6 Å². The second-order valence-electron chi connectivity index (χ2n) is 8.04. The Morgan fingerprint density at radius 3 is 2.61 bits per heavy atom. The first-order valence-corrected chi connectivity index (χ1v) is 12.5. The molecule has 1 amide bonds. The molecule has 9 heteroatoms. The molecule has 0 spiro atoms. The topological polar surface area (TPSA) is 71.3 Å². The lowest BCUT2D eigenvalue weighted by Crippen LogP contribution is -2.40. The van der Waals surface area contributed by atoms with Gasteiger partial charge in [0.05, 0.1) is 6.54 Å². The molecule has 4 rings (SSSR count). The molecule has 0 aliphatic carbocycles. The van der Waals surface area contributed by atoms with Crippen LogP contribution in [0, 0.1) is 11.7 Å². The lowest BCUT2D eigenvalue weighted by Gasteiger charge is -2.30. The van der Waals surface area contributed by atoms with E-state index in [0.717, 1.165) is 42.5 Å². The number of rotatable bonds is 9. The Bertz CT molecular complexity index is 1040. The maximum absolute atomic E-state index is 13.1. The fraction of sp³-hybridized carbons (Fsp3) is 0.375. The highest BCUT2D eigenvalue weighted by Crippen LogP contribution is 2.21. The third-order valence-corrected chi connectivity index (χ3v) is 6.90. The van der Waals surface area contributed by atoms with Crippen molar-refractivity contribution in [3.63, 3.8) is 0 Å². The summed E-state index contributed by atoms with van der Waals surface area (Å²) in [5, 5.41) is 7.80. The van der Waals surface area contributed by atoms with Crippen molar-refractivity contribution in [2.45, 2.75) is 25.1 Å². The SMILES string of the molecule is O=C(NCCSCc1ccc(Cl)cc1)C1CCN(Cc2nc(-c3ccc(F)cc3)no2)CC1. The van der Waals surface area contributed by atoms with E-state index in [-0.39, 0.29) is 17.6 Å². The van der Waals surface area contributed by atoms with Crippen LogP contribution in [0.1, 0.15) is 24.3 Å². The molecule has 1 saturated heterocycles. The minimum Gasteiger partial charge on any atom is -0.355 e. The molecule has 174 valence electrons. The molecule has 0 radical (unpaired) electrons. The van der Waals surface area contributed by atoms with Crippen LogP contribution in [0.25, 0.3) is 11.4 Å². The van der Waals surface area contributed by atoms with Crippen LogP contribution in [0.5, 0.6) is 0 Å². The number of benzene rings is 2. The molecule has 3 aromatic rings. The zero-order chi connectivity index (χ0) is 23.0. The van der Waals surface area contributed by atoms with Crippen molar-refractivity contribution >= 4 is 29.3 Å². The first-order chi connectivity index (χ1) is 16.1. The molecule has 1 aromatic heterocycles. The predicted molar refractivity (Wildman–Crippen MR) is 128 cm³/mol. The maximum atomic E-state index is 13.1. The first kappa shape index (κ1) is 23.7. The van der Waals surface area contributed by atoms with E-state index in [9.17, 15) is 9.18 Å². The molecular formula is C24H26ClFN4O2S. The highest BCUT2D eigenvalue weighted by Gasteiger charge is 2.25. The van der Waals surface area contributed by atoms with Gasteiger partial charge >= 0.3 is 0 Å². The summed E-state index contributed by atoms with van der Waals surface area (Å²) >= 11 is 7.70. The molecule has 1 N–H and O–H groups in total. The fourth-order valence-corrected chi connectivity index (χ4v) is 4.69. The summed E-state index contributed by atoms with van der Waals surface area (Å²) in [4.78, 5) is 19.1. The lowest BCUT2D eigenvalue weighted by atomic mass is 9.96. The normalized spacial score (nSPS) is 15.0. The zero-order valence-electron chi connectivity index (χ0n) is 18.2. The van der Waals surface area contributed by atoms with Gasteiger partial charge in [0.15, 0.2) is 0 Å². The molecule has 2 heterocycles. The summed E-state index contributed by atoms with van der Waals surface area (Å²) in [6, 6.07) is 13.9. The molecule has 1 fully saturated rings. The molecule has 6 nitrogen and oxygen atoms in total. The average molecular weight is 489 g/mol. The minimum absolute atomic E-state index is 0.0416. The summed E-state index contributed by atoms with van der Waals surface area (Å²) in [5.41, 5.74) is 1.95. The number of amides is 1. The molecule has 0 unspecified atom stereocenters. The smallest absolute Gasteiger partial charge is 0.241 e. The van der Waals surface area contributed by atoms with E-state index >= 15 is 0 Å². The summed E-state index contributed by atoms with van der Waals surface area (Å²) in [6.45, 7) is 2.82. The van der Waals surface area contributed by atoms with Crippen LogP contribution in [0.3, 0.4) is 0 Å². The number of carbonyl (C=O) groups excluding carboxylic acids is 1. The Hall–Kier alpha value is -2.42. The summed E-state index contributed by atoms with van der Waals surface area (Å²) in [7, 11) is 0. The van der Waals surface area contributed by atoms with Gasteiger partial charge in [0, 0.05) is 34.6 Å². The molecule has 0 atom stereocenters. The summed E-state index contributed by atoms with van der Waals surface area (Å²) in [5.74, 6) is 2.64. The third kappa shape index (κ3) is 7.03. The van der Waals surface area contributed by atoms with Crippen molar-refractivity contribution in [2.24, 2.45) is 5.92 Å². The van der Waals surface area contributed by atoms with Crippen LogP contribution in [0.4, 0.5) is 4.39 Å². The van der Waals surface area contributed by atoms with Gasteiger partial charge in [-0.25, -0.2) is 4.39 Å². The number of piperidine rings is 1. The Morgan fingerprint density at radius 2 is 1.88 bits per heavy atom. The van der Waals surface area contributed by atoms with Crippen LogP contribution in [-0.4, -0.2) is 46.3 Å². The number of hydrogen-bond donors (Lipinski definition) is 1. The van der Waals surface area contributed by atoms with Gasteiger partial charge in [-0.3, -0.25) is 9.69 Å². The van der Waals surface area contributed by atoms with Crippen LogP contribution in [-0.2, 0) is 17.1 Å². The standard InChI is InChI=1S/C24H26ClFN4O2S/c25-20-5-1-17(2-6-20)16-33-14-11-27-24(31)19-9-12-30(13-10-19)15-22-28-23(29-32-22)18-3-7-21(26)8-4-18/h1-8,19H,9-16H2,(H,27,31). The molecule has 1 aliphatic heterocycles. The van der Waals surface area contributed by atoms with Crippen molar-refractivity contribution in [3.8, 4) is 11.4 Å². The molecule has 2 aromatic carbocycles. The number of hydrogen-bond acceptors (Lipinski definition) is 6. The molecule has 33 heavy (non-hydrogen) atoms. The quantitative estimate of drug-likeness (QED) is 0.437. The fourth-order valence-electron chi connectivity index (χ4n) is 3.74. The highest BCUT2D eigenvalue weighted by molar-refractivity contribution is 7.98. The van der Waals surface area contributed by atoms with E-state index in [0.29, 0.717) is 30.4 Å². The largest absolute Gasteiger partial charge is 0.355 e. The Morgan fingerprint density at radius 1 is 1.15 bits per heavy atom. The number of likely N-dealkylation sites (tertiary alicyclic amines) is 1. The average Bonchev–Trinajstić information content (AvgIpc) is 3.29. The molecule has 0 bridgehead atoms. The van der Waals surface area contributed by atoms with E-state index in [1.54, 1.807) is 23.9 Å². The van der Waals surface area contributed by atoms with Crippen molar-refractivity contribution < 1.29 is 13.7 Å². The van der Waals surface area contributed by atoms with Gasteiger partial charge in [-0.15, -0.1) is 0 Å². The third-order valence-electron chi connectivity index (χ3n) is 5.62. The van der Waals surface area contributed by atoms with E-state index in [4.69, 9.17) is 16.1 Å². The van der Waals surface area contributed by atoms with Gasteiger partial charge in [-0.1, -0.05) is 28.9 Å². The van der Waals surface area contributed by atoms with Crippen molar-refractivity contribution in [3.05, 3.63) is 70.8 Å². The van der Waals surface area contributed by atoms with E-state index in [1.165, 1.54) is 17.7 Å². The number of carbonyl (C=O) groups is 1. The van der Waals surface area contributed by atoms with Gasteiger partial charge in [-0.05, 0) is 67.9 Å². The number of thioether (sulfide) groups is 1.